The molecule has 0 aliphatic heterocycles. The summed E-state index contributed by atoms with van der Waals surface area (Å²) >= 11 is 6.99. The maximum atomic E-state index is 11.1. The molecule has 2 N–H and O–H groups in total. The first-order chi connectivity index (χ1) is 13.5. The fourth-order valence-electron chi connectivity index (χ4n) is 3.16. The average molecular weight is 499 g/mol. The van der Waals surface area contributed by atoms with Gasteiger partial charge in [-0.15, -0.1) is 0 Å². The fourth-order valence-corrected chi connectivity index (χ4v) is 4.27. The third-order valence-electron chi connectivity index (χ3n) is 4.54. The van der Waals surface area contributed by atoms with Crippen LogP contribution in [-0.4, -0.2) is 15.1 Å². The lowest BCUT2D eigenvalue weighted by Gasteiger charge is -2.22. The van der Waals surface area contributed by atoms with Gasteiger partial charge >= 0.3 is 0 Å². The van der Waals surface area contributed by atoms with E-state index >= 15 is 0 Å². The van der Waals surface area contributed by atoms with Crippen LogP contribution in [-0.2, 0) is 0 Å². The highest BCUT2D eigenvalue weighted by Crippen LogP contribution is 2.37. The normalized spacial score (nSPS) is 12.1. The van der Waals surface area contributed by atoms with Gasteiger partial charge in [0.15, 0.2) is 0 Å². The smallest absolute Gasteiger partial charge is 0.147 e. The van der Waals surface area contributed by atoms with Gasteiger partial charge in [-0.1, -0.05) is 48.5 Å². The van der Waals surface area contributed by atoms with Gasteiger partial charge in [-0.25, -0.2) is 9.97 Å². The lowest BCUT2D eigenvalue weighted by Crippen LogP contribution is -2.14. The summed E-state index contributed by atoms with van der Waals surface area (Å²) < 4.78 is 1.71. The van der Waals surface area contributed by atoms with Gasteiger partial charge < -0.3 is 10.4 Å². The summed E-state index contributed by atoms with van der Waals surface area (Å²) in [6.45, 7) is 1.92. The molecule has 1 atom stereocenters. The molecule has 0 fully saturated rings. The first-order valence-electron chi connectivity index (χ1n) is 8.74. The highest BCUT2D eigenvalue weighted by molar-refractivity contribution is 9.11. The Bertz CT molecular complexity index is 1150. The Kier molecular flexibility index (Phi) is 5.33. The number of phenolic OH excluding ortho intramolecular Hbond substituents is 1. The number of nitrogens with one attached hydrogen (secondary N) is 1. The molecular weight excluding hydrogens is 482 g/mol. The van der Waals surface area contributed by atoms with Crippen molar-refractivity contribution in [3.63, 3.8) is 0 Å². The van der Waals surface area contributed by atoms with Gasteiger partial charge in [0, 0.05) is 27.3 Å². The molecule has 140 valence electrons. The first kappa shape index (κ1) is 18.9. The van der Waals surface area contributed by atoms with Crippen LogP contribution in [0.3, 0.4) is 0 Å². The van der Waals surface area contributed by atoms with E-state index in [1.807, 2.05) is 67.6 Å². The topological polar surface area (TPSA) is 58.0 Å². The summed E-state index contributed by atoms with van der Waals surface area (Å²) in [6.07, 6.45) is 1.74. The van der Waals surface area contributed by atoms with E-state index in [2.05, 4.69) is 47.1 Å². The number of phenols is 1. The Labute approximate surface area is 179 Å². The van der Waals surface area contributed by atoms with Gasteiger partial charge in [-0.05, 0) is 56.5 Å². The molecule has 0 radical (unpaired) electrons. The Morgan fingerprint density at radius 1 is 1.00 bits per heavy atom. The molecular formula is C22H17Br2N3O. The summed E-state index contributed by atoms with van der Waals surface area (Å²) in [5.41, 5.74) is 3.22. The number of rotatable bonds is 4. The maximum Gasteiger partial charge on any atom is 0.147 e. The van der Waals surface area contributed by atoms with Crippen molar-refractivity contribution in [3.8, 4) is 5.75 Å². The zero-order chi connectivity index (χ0) is 19.7. The zero-order valence-corrected chi connectivity index (χ0v) is 18.2. The van der Waals surface area contributed by atoms with Crippen LogP contribution in [0.1, 0.15) is 22.9 Å². The minimum absolute atomic E-state index is 0.177. The minimum Gasteiger partial charge on any atom is -0.505 e. The minimum atomic E-state index is -0.294. The number of aromatic hydroxyl groups is 1. The van der Waals surface area contributed by atoms with Crippen molar-refractivity contribution in [2.24, 2.45) is 0 Å². The van der Waals surface area contributed by atoms with E-state index in [1.54, 1.807) is 6.20 Å². The van der Waals surface area contributed by atoms with Crippen molar-refractivity contribution in [1.29, 1.82) is 0 Å². The Morgan fingerprint density at radius 2 is 1.75 bits per heavy atom. The Morgan fingerprint density at radius 3 is 2.50 bits per heavy atom. The molecule has 0 aliphatic carbocycles. The number of aryl methyl sites for hydroxylation is 1. The quantitative estimate of drug-likeness (QED) is 0.343. The van der Waals surface area contributed by atoms with Crippen molar-refractivity contribution < 1.29 is 5.11 Å². The Balaban J connectivity index is 1.86. The molecule has 4 nitrogen and oxygen atoms in total. The number of pyridine rings is 2. The van der Waals surface area contributed by atoms with Crippen LogP contribution in [0.15, 0.2) is 75.8 Å². The van der Waals surface area contributed by atoms with Gasteiger partial charge in [0.2, 0.25) is 0 Å². The molecule has 28 heavy (non-hydrogen) atoms. The van der Waals surface area contributed by atoms with Crippen molar-refractivity contribution in [1.82, 2.24) is 9.97 Å². The SMILES string of the molecule is Cc1ccc2ccc(C(Nc3ncc(Br)cc3Br)c3ccccc3)c(O)c2n1. The molecule has 0 saturated carbocycles. The molecule has 4 rings (SSSR count). The van der Waals surface area contributed by atoms with E-state index in [9.17, 15) is 5.11 Å². The molecule has 4 aromatic rings. The van der Waals surface area contributed by atoms with Gasteiger partial charge in [0.05, 0.1) is 10.5 Å². The van der Waals surface area contributed by atoms with E-state index < -0.39 is 0 Å². The summed E-state index contributed by atoms with van der Waals surface area (Å²) in [4.78, 5) is 9.01. The summed E-state index contributed by atoms with van der Waals surface area (Å²) in [5, 5.41) is 15.4. The number of halogens is 2. The molecule has 0 aliphatic rings. The van der Waals surface area contributed by atoms with Gasteiger partial charge in [-0.3, -0.25) is 0 Å². The van der Waals surface area contributed by atoms with Crippen molar-refractivity contribution >= 4 is 48.6 Å². The monoisotopic (exact) mass is 497 g/mol. The molecule has 0 bridgehead atoms. The molecule has 6 heteroatoms. The van der Waals surface area contributed by atoms with Crippen LogP contribution in [0.25, 0.3) is 10.9 Å². The predicted octanol–water partition coefficient (Wildman–Crippen LogP) is 6.37. The lowest BCUT2D eigenvalue weighted by atomic mass is 9.96. The van der Waals surface area contributed by atoms with E-state index in [4.69, 9.17) is 0 Å². The molecule has 2 aromatic heterocycles. The number of hydrogen-bond acceptors (Lipinski definition) is 4. The molecule has 0 spiro atoms. The highest BCUT2D eigenvalue weighted by atomic mass is 79.9. The van der Waals surface area contributed by atoms with Crippen molar-refractivity contribution in [2.45, 2.75) is 13.0 Å². The van der Waals surface area contributed by atoms with Crippen LogP contribution >= 0.6 is 31.9 Å². The number of anilines is 1. The standard InChI is InChI=1S/C22H17Br2N3O/c1-13-7-8-15-9-10-17(21(28)20(15)26-13)19(14-5-3-2-4-6-14)27-22-18(24)11-16(23)12-25-22/h2-12,19,28H,1H3,(H,25,27). The van der Waals surface area contributed by atoms with E-state index in [0.717, 1.165) is 31.2 Å². The van der Waals surface area contributed by atoms with Gasteiger partial charge in [0.25, 0.3) is 0 Å². The van der Waals surface area contributed by atoms with Gasteiger partial charge in [0.1, 0.15) is 17.1 Å². The van der Waals surface area contributed by atoms with Crippen LogP contribution in [0.4, 0.5) is 5.82 Å². The number of aromatic nitrogens is 2. The first-order valence-corrected chi connectivity index (χ1v) is 10.3. The molecule has 2 heterocycles. The predicted molar refractivity (Wildman–Crippen MR) is 120 cm³/mol. The second-order valence-corrected chi connectivity index (χ2v) is 8.27. The highest BCUT2D eigenvalue weighted by Gasteiger charge is 2.21. The van der Waals surface area contributed by atoms with E-state index in [-0.39, 0.29) is 11.8 Å². The van der Waals surface area contributed by atoms with E-state index in [1.165, 1.54) is 0 Å². The summed E-state index contributed by atoms with van der Waals surface area (Å²) in [5.74, 6) is 0.865. The fraction of sp³-hybridized carbons (Fsp3) is 0.0909. The second-order valence-electron chi connectivity index (χ2n) is 6.50. The summed E-state index contributed by atoms with van der Waals surface area (Å²) in [7, 11) is 0. The van der Waals surface area contributed by atoms with Crippen molar-refractivity contribution in [3.05, 3.63) is 92.6 Å². The van der Waals surface area contributed by atoms with Crippen LogP contribution in [0, 0.1) is 6.92 Å². The average Bonchev–Trinajstić information content (AvgIpc) is 2.69. The summed E-state index contributed by atoms with van der Waals surface area (Å²) in [6, 6.07) is 19.5. The molecule has 1 unspecified atom stereocenters. The number of hydrogen-bond donors (Lipinski definition) is 2. The second kappa shape index (κ2) is 7.89. The van der Waals surface area contributed by atoms with Crippen molar-refractivity contribution in [2.75, 3.05) is 5.32 Å². The number of fused-ring (bicyclic) bond motifs is 1. The third kappa shape index (κ3) is 3.75. The number of nitrogens with zero attached hydrogens (tertiary/aromatic N) is 2. The Hall–Kier alpha value is -2.44. The van der Waals surface area contributed by atoms with Crippen LogP contribution in [0.2, 0.25) is 0 Å². The largest absolute Gasteiger partial charge is 0.505 e. The lowest BCUT2D eigenvalue weighted by molar-refractivity contribution is 0.471. The van der Waals surface area contributed by atoms with Gasteiger partial charge in [-0.2, -0.15) is 0 Å². The maximum absolute atomic E-state index is 11.1. The zero-order valence-electron chi connectivity index (χ0n) is 15.0. The van der Waals surface area contributed by atoms with Crippen LogP contribution < -0.4 is 5.32 Å². The van der Waals surface area contributed by atoms with E-state index in [0.29, 0.717) is 11.3 Å². The number of benzene rings is 2. The molecule has 2 aromatic carbocycles. The van der Waals surface area contributed by atoms with Crippen LogP contribution in [0.5, 0.6) is 5.75 Å². The molecule has 0 saturated heterocycles. The third-order valence-corrected chi connectivity index (χ3v) is 5.58. The molecule has 0 amide bonds.